The topological polar surface area (TPSA) is 703 Å². The predicted octanol–water partition coefficient (Wildman–Crippen LogP) is 0.0463. The van der Waals surface area contributed by atoms with Crippen molar-refractivity contribution in [2.24, 2.45) is 93.3 Å². The molecule has 42 nitrogen and oxygen atoms in total. The van der Waals surface area contributed by atoms with Crippen LogP contribution < -0.4 is 136 Å². The third-order valence-corrected chi connectivity index (χ3v) is 22.7. The van der Waals surface area contributed by atoms with Crippen molar-refractivity contribution in [3.63, 3.8) is 0 Å². The number of carbonyl (C=O) groups excluding carboxylic acids is 17. The van der Waals surface area contributed by atoms with Crippen molar-refractivity contribution < 1.29 is 81.5 Å². The summed E-state index contributed by atoms with van der Waals surface area (Å²) < 4.78 is 0. The SMILES string of the molecule is CC(C)C[C@H](NC(=O)[C@H](C)NC(=O)[C@H](CCCCN)NC(=O)[C@@H](N)CC(C)C)C(=O)N[C@@H](CC(C)C)C(=O)N[C@@H](CCCCN)C(=O)N[C@@H](CC(C)C)C(=O)N[C@@H](CC(C)C)C(=O)N[C@@H](CCCCN)C(=O)N[C@@H](CCCCN)C(=O)N[C@@H](CC(C)C)C(=O)N[C@@H](CC(C)C)C(=O)N[C@@H](CCCCN)C(=O)N[C@@H](CC(C)C)C(=O)N[C@@H](CCCCN)C(=O)NCC(=O)NCCCCCC(=O)NN. The molecule has 42 heteroatoms. The summed E-state index contributed by atoms with van der Waals surface area (Å²) in [5.41, 5.74) is 43.5. The monoisotopic (exact) mass is 1950 g/mol. The number of rotatable bonds is 77. The lowest BCUT2D eigenvalue weighted by atomic mass is 9.98. The van der Waals surface area contributed by atoms with Gasteiger partial charge in [-0.1, -0.05) is 117 Å². The molecule has 0 aliphatic carbocycles. The highest BCUT2D eigenvalue weighted by Gasteiger charge is 2.40. The number of hydrogen-bond acceptors (Lipinski definition) is 25. The summed E-state index contributed by atoms with van der Waals surface area (Å²) in [6.45, 7) is 32.3. The summed E-state index contributed by atoms with van der Waals surface area (Å²) in [5.74, 6) is -7.93. The van der Waals surface area contributed by atoms with Crippen molar-refractivity contribution in [1.29, 1.82) is 0 Å². The summed E-state index contributed by atoms with van der Waals surface area (Å²) >= 11 is 0. The lowest BCUT2D eigenvalue weighted by Gasteiger charge is -2.30. The molecule has 0 bridgehead atoms. The van der Waals surface area contributed by atoms with E-state index in [1.807, 2.05) is 111 Å². The van der Waals surface area contributed by atoms with E-state index in [4.69, 9.17) is 46.0 Å². The molecular weight excluding hydrogens is 1760 g/mol. The number of hydrogen-bond donors (Lipinski definition) is 25. The Labute approximate surface area is 815 Å². The average Bonchev–Trinajstić information content (AvgIpc) is 0.849. The first-order valence-electron chi connectivity index (χ1n) is 50.4. The number of unbranched alkanes of at least 4 members (excludes halogenated alkanes) is 8. The Morgan fingerprint density at radius 2 is 0.409 bits per heavy atom. The first kappa shape index (κ1) is 128. The molecule has 0 fully saturated rings. The highest BCUT2D eigenvalue weighted by Crippen LogP contribution is 2.20. The quantitative estimate of drug-likeness (QED) is 0.0165. The van der Waals surface area contributed by atoms with E-state index >= 15 is 0 Å². The lowest BCUT2D eigenvalue weighted by molar-refractivity contribution is -0.137. The van der Waals surface area contributed by atoms with Gasteiger partial charge in [-0.15, -0.1) is 0 Å². The molecule has 33 N–H and O–H groups in total. The molecule has 0 aromatic rings. The summed E-state index contributed by atoms with van der Waals surface area (Å²) in [6, 6.07) is -18.5. The van der Waals surface area contributed by atoms with Crippen LogP contribution in [-0.4, -0.2) is 243 Å². The zero-order chi connectivity index (χ0) is 104. The molecule has 0 aromatic heterocycles. The lowest BCUT2D eigenvalue weighted by Crippen LogP contribution is -2.61. The molecule has 0 aliphatic heterocycles. The first-order chi connectivity index (χ1) is 64.6. The third kappa shape index (κ3) is 57.7. The highest BCUT2D eigenvalue weighted by molar-refractivity contribution is 6.01. The largest absolute Gasteiger partial charge is 0.355 e. The van der Waals surface area contributed by atoms with E-state index in [-0.39, 0.29) is 176 Å². The molecule has 0 saturated carbocycles. The van der Waals surface area contributed by atoms with Crippen LogP contribution in [-0.2, 0) is 81.5 Å². The van der Waals surface area contributed by atoms with Crippen molar-refractivity contribution in [2.75, 3.05) is 52.4 Å². The Morgan fingerprint density at radius 3 is 0.635 bits per heavy atom. The predicted molar refractivity (Wildman–Crippen MR) is 531 cm³/mol. The number of carbonyl (C=O) groups is 17. The van der Waals surface area contributed by atoms with Gasteiger partial charge in [0.1, 0.15) is 84.6 Å². The van der Waals surface area contributed by atoms with Crippen LogP contribution >= 0.6 is 0 Å². The van der Waals surface area contributed by atoms with Crippen molar-refractivity contribution in [3.8, 4) is 0 Å². The van der Waals surface area contributed by atoms with Crippen molar-refractivity contribution in [2.45, 2.75) is 401 Å². The van der Waals surface area contributed by atoms with Crippen LogP contribution in [0.15, 0.2) is 0 Å². The van der Waals surface area contributed by atoms with Crippen LogP contribution in [0.4, 0.5) is 0 Å². The van der Waals surface area contributed by atoms with Crippen LogP contribution in [0.5, 0.6) is 0 Å². The standard InChI is InChI=1S/C95H183N25O17/c1-56(2)47-65(102)82(124)107-67(34-21-27-41-97)84(126)106-64(17)81(123)113-72(48-57(3)4)93(135)117-74(50-59(7)8)91(133)112-71(38-25-31-45-101)88(130)116-78(54-63(15)16)95(137)118-75(51-60(9)10)90(132)110-68(35-22-28-42-98)85(127)109-69(36-23-29-43-99)86(128)115-77(53-62(13)14)94(136)119-76(52-61(11)12)92(134)111-70(37-24-30-44-100)87(129)114-73(49-58(5)6)89(131)108-66(33-20-26-40-96)83(125)105-55-80(122)104-46-32-18-19-39-79(121)120-103/h56-78H,18-55,96-103H2,1-17H3,(H,104,122)(H,105,125)(H,106,126)(H,107,124)(H,108,131)(H,109,127)(H,110,132)(H,111,134)(H,112,133)(H,113,123)(H,114,129)(H,115,128)(H,116,130)(H,117,135)(H,118,137)(H,119,136)(H,120,121)/t64-,65-,66-,67-,68-,69-,70-,71-,72-,73-,74-,75-,76-,77-,78-/m0/s1. The molecule has 137 heavy (non-hydrogen) atoms. The number of hydrazine groups is 1. The average molecular weight is 1950 g/mol. The zero-order valence-electron chi connectivity index (χ0n) is 85.7. The van der Waals surface area contributed by atoms with E-state index in [1.165, 1.54) is 6.92 Å². The Balaban J connectivity index is 7.32. The van der Waals surface area contributed by atoms with Crippen LogP contribution in [0.25, 0.3) is 0 Å². The molecular formula is C95H183N25O17. The van der Waals surface area contributed by atoms with E-state index in [9.17, 15) is 81.5 Å². The molecule has 0 aromatic carbocycles. The maximum absolute atomic E-state index is 15.0. The molecule has 0 spiro atoms. The number of amides is 17. The van der Waals surface area contributed by atoms with Gasteiger partial charge in [-0.05, 0) is 273 Å². The van der Waals surface area contributed by atoms with E-state index in [1.54, 1.807) is 0 Å². The van der Waals surface area contributed by atoms with Gasteiger partial charge >= 0.3 is 0 Å². The minimum atomic E-state index is -1.34. The van der Waals surface area contributed by atoms with Crippen molar-refractivity contribution in [1.82, 2.24) is 90.5 Å². The summed E-state index contributed by atoms with van der Waals surface area (Å²) in [4.78, 5) is 241. The summed E-state index contributed by atoms with van der Waals surface area (Å²) in [6.07, 6.45) is 8.37. The van der Waals surface area contributed by atoms with E-state index in [2.05, 4.69) is 90.5 Å². The van der Waals surface area contributed by atoms with Gasteiger partial charge < -0.3 is 125 Å². The summed E-state index contributed by atoms with van der Waals surface area (Å²) in [5, 5.41) is 44.5. The molecule has 790 valence electrons. The summed E-state index contributed by atoms with van der Waals surface area (Å²) in [7, 11) is 0. The van der Waals surface area contributed by atoms with Gasteiger partial charge in [0, 0.05) is 13.0 Å². The molecule has 0 heterocycles. The van der Waals surface area contributed by atoms with Gasteiger partial charge in [-0.3, -0.25) is 86.9 Å². The molecule has 0 saturated heterocycles. The Kier molecular flexibility index (Phi) is 67.9. The van der Waals surface area contributed by atoms with Gasteiger partial charge in [0.25, 0.3) is 0 Å². The maximum atomic E-state index is 15.0. The Bertz CT molecular complexity index is 3610. The second kappa shape index (κ2) is 72.9. The van der Waals surface area contributed by atoms with Gasteiger partial charge in [-0.25, -0.2) is 5.84 Å². The fourth-order valence-corrected chi connectivity index (χ4v) is 15.3. The van der Waals surface area contributed by atoms with Gasteiger partial charge in [0.05, 0.1) is 12.6 Å². The Morgan fingerprint density at radius 1 is 0.204 bits per heavy atom. The zero-order valence-corrected chi connectivity index (χ0v) is 85.7. The second-order valence-electron chi connectivity index (χ2n) is 39.8. The van der Waals surface area contributed by atoms with Crippen molar-refractivity contribution in [3.05, 3.63) is 0 Å². The van der Waals surface area contributed by atoms with Crippen LogP contribution in [0.1, 0.15) is 310 Å². The molecule has 0 radical (unpaired) electrons. The number of nitrogens with two attached hydrogens (primary N) is 8. The molecule has 0 unspecified atom stereocenters. The molecule has 17 amide bonds. The number of nitrogens with one attached hydrogen (secondary N) is 17. The Hall–Kier alpha value is -9.33. The maximum Gasteiger partial charge on any atom is 0.243 e. The van der Waals surface area contributed by atoms with Gasteiger partial charge in [-0.2, -0.15) is 0 Å². The normalized spacial score (nSPS) is 14.8. The van der Waals surface area contributed by atoms with E-state index in [0.29, 0.717) is 116 Å². The molecule has 15 atom stereocenters. The highest BCUT2D eigenvalue weighted by atomic mass is 16.2. The first-order valence-corrected chi connectivity index (χ1v) is 50.4. The smallest absolute Gasteiger partial charge is 0.243 e. The molecule has 0 aliphatic rings. The third-order valence-electron chi connectivity index (χ3n) is 22.7. The van der Waals surface area contributed by atoms with E-state index < -0.39 is 192 Å². The minimum Gasteiger partial charge on any atom is -0.355 e. The van der Waals surface area contributed by atoms with Crippen LogP contribution in [0, 0.1) is 47.3 Å². The van der Waals surface area contributed by atoms with Gasteiger partial charge in [0.15, 0.2) is 0 Å². The van der Waals surface area contributed by atoms with Crippen molar-refractivity contribution >= 4 is 100 Å². The van der Waals surface area contributed by atoms with E-state index in [0.717, 1.165) is 0 Å². The minimum absolute atomic E-state index is 0.0110. The van der Waals surface area contributed by atoms with Gasteiger partial charge in [0.2, 0.25) is 100 Å². The van der Waals surface area contributed by atoms with Crippen LogP contribution in [0.2, 0.25) is 0 Å². The fraction of sp³-hybridized carbons (Fsp3) is 0.821. The van der Waals surface area contributed by atoms with Crippen LogP contribution in [0.3, 0.4) is 0 Å². The molecule has 0 rings (SSSR count). The second-order valence-corrected chi connectivity index (χ2v) is 39.8. The fourth-order valence-electron chi connectivity index (χ4n) is 15.3.